The Kier molecular flexibility index (Phi) is 5.57. The average molecular weight is 622 g/mol. The first-order valence-corrected chi connectivity index (χ1v) is 17.3. The third-order valence-electron chi connectivity index (χ3n) is 11.1. The average Bonchev–Trinajstić information content (AvgIpc) is 3.82. The van der Waals surface area contributed by atoms with E-state index in [2.05, 4.69) is 174 Å². The Morgan fingerprint density at radius 1 is 0.449 bits per heavy atom. The number of hydrogen-bond donors (Lipinski definition) is 0. The van der Waals surface area contributed by atoms with E-state index in [0.717, 1.165) is 6.42 Å². The Hall–Kier alpha value is -6.18. The zero-order valence-electron chi connectivity index (χ0n) is 26.9. The summed E-state index contributed by atoms with van der Waals surface area (Å²) in [6.07, 6.45) is 0.979. The van der Waals surface area contributed by atoms with Crippen molar-refractivity contribution < 1.29 is 0 Å². The summed E-state index contributed by atoms with van der Waals surface area (Å²) < 4.78 is 2.52. The van der Waals surface area contributed by atoms with E-state index >= 15 is 0 Å². The molecule has 0 fully saturated rings. The molecule has 0 saturated carbocycles. The summed E-state index contributed by atoms with van der Waals surface area (Å²) in [5, 5.41) is 5.11. The first-order chi connectivity index (χ1) is 24.3. The highest BCUT2D eigenvalue weighted by atomic mass is 15.0. The maximum Gasteiger partial charge on any atom is 0.0622 e. The molecule has 0 aliphatic heterocycles. The van der Waals surface area contributed by atoms with E-state index in [4.69, 9.17) is 0 Å². The van der Waals surface area contributed by atoms with Gasteiger partial charge in [-0.15, -0.1) is 0 Å². The van der Waals surface area contributed by atoms with E-state index in [1.54, 1.807) is 0 Å². The normalized spacial score (nSPS) is 14.2. The molecule has 1 unspecified atom stereocenters. The molecule has 0 amide bonds. The van der Waals surface area contributed by atoms with E-state index in [1.807, 2.05) is 0 Å². The van der Waals surface area contributed by atoms with Gasteiger partial charge in [-0.25, -0.2) is 0 Å². The molecule has 0 saturated heterocycles. The van der Waals surface area contributed by atoms with E-state index < -0.39 is 0 Å². The molecule has 0 N–H and O–H groups in total. The minimum Gasteiger partial charge on any atom is -0.309 e. The Morgan fingerprint density at radius 2 is 1.18 bits per heavy atom. The van der Waals surface area contributed by atoms with Gasteiger partial charge in [0.15, 0.2) is 0 Å². The Balaban J connectivity index is 1.14. The zero-order valence-corrected chi connectivity index (χ0v) is 26.9. The number of benzene rings is 8. The van der Waals surface area contributed by atoms with E-state index in [0.29, 0.717) is 0 Å². The smallest absolute Gasteiger partial charge is 0.0622 e. The predicted molar refractivity (Wildman–Crippen MR) is 205 cm³/mol. The second-order valence-corrected chi connectivity index (χ2v) is 13.7. The zero-order chi connectivity index (χ0) is 32.1. The molecule has 1 atom stereocenters. The van der Waals surface area contributed by atoms with Crippen LogP contribution in [-0.4, -0.2) is 4.57 Å². The van der Waals surface area contributed by atoms with Crippen molar-refractivity contribution in [2.75, 3.05) is 0 Å². The Labute approximate surface area is 285 Å². The Morgan fingerprint density at radius 3 is 2.10 bits per heavy atom. The highest BCUT2D eigenvalue weighted by molar-refractivity contribution is 6.16. The van der Waals surface area contributed by atoms with Gasteiger partial charge in [0.2, 0.25) is 0 Å². The molecular formula is C48H31N. The van der Waals surface area contributed by atoms with Gasteiger partial charge in [-0.2, -0.15) is 0 Å². The fourth-order valence-corrected chi connectivity index (χ4v) is 8.87. The van der Waals surface area contributed by atoms with Crippen LogP contribution in [-0.2, 0) is 6.42 Å². The molecule has 9 aromatic rings. The van der Waals surface area contributed by atoms with Gasteiger partial charge < -0.3 is 4.57 Å². The van der Waals surface area contributed by atoms with Gasteiger partial charge >= 0.3 is 0 Å². The second kappa shape index (κ2) is 10.2. The summed E-state index contributed by atoms with van der Waals surface area (Å²) in [6.45, 7) is 0. The molecule has 1 aromatic heterocycles. The van der Waals surface area contributed by atoms with Crippen molar-refractivity contribution in [3.63, 3.8) is 0 Å². The van der Waals surface area contributed by atoms with Crippen molar-refractivity contribution in [2.45, 2.75) is 12.3 Å². The molecule has 2 aliphatic carbocycles. The summed E-state index contributed by atoms with van der Waals surface area (Å²) in [4.78, 5) is 0. The molecule has 8 aromatic carbocycles. The van der Waals surface area contributed by atoms with Crippen molar-refractivity contribution in [3.05, 3.63) is 198 Å². The highest BCUT2D eigenvalue weighted by Gasteiger charge is 2.30. The van der Waals surface area contributed by atoms with Crippen LogP contribution in [0.1, 0.15) is 33.7 Å². The summed E-state index contributed by atoms with van der Waals surface area (Å²) in [5.41, 5.74) is 18.6. The molecule has 0 radical (unpaired) electrons. The summed E-state index contributed by atoms with van der Waals surface area (Å²) >= 11 is 0. The predicted octanol–water partition coefficient (Wildman–Crippen LogP) is 12.3. The van der Waals surface area contributed by atoms with Gasteiger partial charge in [-0.05, 0) is 103 Å². The number of hydrogen-bond acceptors (Lipinski definition) is 0. The lowest BCUT2D eigenvalue weighted by atomic mass is 9.89. The molecule has 2 aliphatic rings. The molecule has 1 heteroatoms. The van der Waals surface area contributed by atoms with Crippen molar-refractivity contribution >= 4 is 32.6 Å². The maximum absolute atomic E-state index is 2.52. The number of aromatic nitrogens is 1. The topological polar surface area (TPSA) is 4.93 Å². The fourth-order valence-electron chi connectivity index (χ4n) is 8.87. The van der Waals surface area contributed by atoms with Crippen LogP contribution < -0.4 is 0 Å². The van der Waals surface area contributed by atoms with E-state index in [-0.39, 0.29) is 5.92 Å². The second-order valence-electron chi connectivity index (χ2n) is 13.7. The molecule has 1 nitrogen and oxygen atoms in total. The van der Waals surface area contributed by atoms with Crippen LogP contribution in [0.15, 0.2) is 170 Å². The molecule has 228 valence electrons. The Bertz CT molecular complexity index is 2800. The van der Waals surface area contributed by atoms with Crippen LogP contribution in [0.5, 0.6) is 0 Å². The summed E-state index contributed by atoms with van der Waals surface area (Å²) in [7, 11) is 0. The largest absolute Gasteiger partial charge is 0.309 e. The van der Waals surface area contributed by atoms with Crippen LogP contribution >= 0.6 is 0 Å². The SMILES string of the molecule is c1ccc(C2c3ccccc3-c3cc(-c4ccc5c(c4)c4ccc6c(c4n5-c4ccc5ccccc5c4)-c4ccccc4C6)ccc32)cc1. The number of rotatable bonds is 3. The monoisotopic (exact) mass is 621 g/mol. The van der Waals surface area contributed by atoms with Crippen LogP contribution in [0.3, 0.4) is 0 Å². The van der Waals surface area contributed by atoms with Crippen molar-refractivity contribution in [3.8, 4) is 39.1 Å². The van der Waals surface area contributed by atoms with Crippen LogP contribution in [0, 0.1) is 0 Å². The minimum absolute atomic E-state index is 0.258. The third kappa shape index (κ3) is 3.87. The van der Waals surface area contributed by atoms with Crippen LogP contribution in [0.25, 0.3) is 71.6 Å². The van der Waals surface area contributed by atoms with Gasteiger partial charge in [0.1, 0.15) is 0 Å². The van der Waals surface area contributed by atoms with Crippen molar-refractivity contribution in [1.82, 2.24) is 4.57 Å². The van der Waals surface area contributed by atoms with E-state index in [1.165, 1.54) is 99.5 Å². The molecule has 1 heterocycles. The van der Waals surface area contributed by atoms with E-state index in [9.17, 15) is 0 Å². The van der Waals surface area contributed by atoms with Crippen molar-refractivity contribution in [1.29, 1.82) is 0 Å². The lowest BCUT2D eigenvalue weighted by Crippen LogP contribution is -1.98. The molecule has 0 bridgehead atoms. The standard InChI is InChI=1S/C48H31N/c1-2-11-31(12-3-1)46-40-17-9-8-16-39(40)43-28-33(19-23-41(43)46)34-21-25-45-44(29-34)42-24-20-36-26-35-14-6-7-15-38(35)47(36)48(42)49(45)37-22-18-30-10-4-5-13-32(30)27-37/h1-25,27-29,46H,26H2. The number of fused-ring (bicyclic) bond motifs is 11. The first-order valence-electron chi connectivity index (χ1n) is 17.3. The molecular weight excluding hydrogens is 591 g/mol. The highest BCUT2D eigenvalue weighted by Crippen LogP contribution is 2.50. The van der Waals surface area contributed by atoms with Crippen LogP contribution in [0.4, 0.5) is 0 Å². The first kappa shape index (κ1) is 26.8. The van der Waals surface area contributed by atoms with Crippen molar-refractivity contribution in [2.24, 2.45) is 0 Å². The van der Waals surface area contributed by atoms with Gasteiger partial charge in [0.25, 0.3) is 0 Å². The quantitative estimate of drug-likeness (QED) is 0.185. The molecule has 11 rings (SSSR count). The lowest BCUT2D eigenvalue weighted by molar-refractivity contribution is 1.02. The van der Waals surface area contributed by atoms with Gasteiger partial charge in [0, 0.05) is 27.9 Å². The molecule has 0 spiro atoms. The van der Waals surface area contributed by atoms with Crippen LogP contribution in [0.2, 0.25) is 0 Å². The summed E-state index contributed by atoms with van der Waals surface area (Å²) in [6, 6.07) is 63.4. The lowest BCUT2D eigenvalue weighted by Gasteiger charge is -2.14. The van der Waals surface area contributed by atoms with Gasteiger partial charge in [0.05, 0.1) is 11.0 Å². The van der Waals surface area contributed by atoms with Gasteiger partial charge in [-0.1, -0.05) is 140 Å². The number of nitrogens with zero attached hydrogens (tertiary/aromatic N) is 1. The fraction of sp³-hybridized carbons (Fsp3) is 0.0417. The third-order valence-corrected chi connectivity index (χ3v) is 11.1. The minimum atomic E-state index is 0.258. The van der Waals surface area contributed by atoms with Gasteiger partial charge in [-0.3, -0.25) is 0 Å². The summed E-state index contributed by atoms with van der Waals surface area (Å²) in [5.74, 6) is 0.258. The molecule has 49 heavy (non-hydrogen) atoms. The maximum atomic E-state index is 2.52.